The molecule has 1 atom stereocenters. The Kier molecular flexibility index (Phi) is 7.58. The van der Waals surface area contributed by atoms with Gasteiger partial charge in [-0.15, -0.1) is 0 Å². The molecule has 98 valence electrons. The van der Waals surface area contributed by atoms with Crippen molar-refractivity contribution in [3.05, 3.63) is 0 Å². The van der Waals surface area contributed by atoms with Crippen LogP contribution in [0.2, 0.25) is 0 Å². The molecule has 0 saturated carbocycles. The first kappa shape index (κ1) is 15.9. The van der Waals surface area contributed by atoms with Crippen LogP contribution >= 0.6 is 0 Å². The van der Waals surface area contributed by atoms with Crippen molar-refractivity contribution in [2.24, 2.45) is 0 Å². The zero-order valence-corrected chi connectivity index (χ0v) is 11.1. The topological polar surface area (TPSA) is 66.5 Å². The summed E-state index contributed by atoms with van der Waals surface area (Å²) in [7, 11) is 1.80. The third-order valence-electron chi connectivity index (χ3n) is 2.43. The molecule has 0 aliphatic rings. The normalized spacial score (nSPS) is 12.5. The molecule has 0 aromatic heterocycles. The fourth-order valence-corrected chi connectivity index (χ4v) is 1.77. The molecule has 0 aromatic carbocycles. The lowest BCUT2D eigenvalue weighted by Gasteiger charge is -2.28. The number of carbonyl (C=O) groups is 3. The van der Waals surface area contributed by atoms with Gasteiger partial charge in [-0.25, -0.2) is 0 Å². The van der Waals surface area contributed by atoms with E-state index < -0.39 is 0 Å². The zero-order chi connectivity index (χ0) is 13.4. The molecular weight excluding hydrogens is 220 g/mol. The van der Waals surface area contributed by atoms with E-state index in [1.807, 2.05) is 0 Å². The summed E-state index contributed by atoms with van der Waals surface area (Å²) in [6.45, 7) is 5.38. The van der Waals surface area contributed by atoms with Crippen molar-refractivity contribution in [2.75, 3.05) is 26.7 Å². The molecule has 1 unspecified atom stereocenters. The molecule has 0 amide bonds. The maximum atomic E-state index is 11.6. The van der Waals surface area contributed by atoms with E-state index in [0.717, 1.165) is 0 Å². The van der Waals surface area contributed by atoms with Crippen LogP contribution in [0.4, 0.5) is 0 Å². The summed E-state index contributed by atoms with van der Waals surface area (Å²) in [4.78, 5) is 35.5. The molecule has 0 aliphatic heterocycles. The zero-order valence-electron chi connectivity index (χ0n) is 11.1. The average molecular weight is 242 g/mol. The van der Waals surface area contributed by atoms with Crippen LogP contribution in [0, 0.1) is 0 Å². The molecular formula is C12H22N2O3. The number of nitrogens with one attached hydrogen (secondary N) is 1. The summed E-state index contributed by atoms with van der Waals surface area (Å²) in [6, 6.07) is -0.366. The van der Waals surface area contributed by atoms with E-state index in [9.17, 15) is 14.4 Å². The first-order chi connectivity index (χ1) is 7.88. The number of hydrogen-bond donors (Lipinski definition) is 1. The van der Waals surface area contributed by atoms with Gasteiger partial charge in [0.2, 0.25) is 0 Å². The Morgan fingerprint density at radius 2 is 1.53 bits per heavy atom. The van der Waals surface area contributed by atoms with E-state index in [1.165, 1.54) is 20.8 Å². The van der Waals surface area contributed by atoms with Crippen LogP contribution in [-0.4, -0.2) is 55.0 Å². The van der Waals surface area contributed by atoms with Gasteiger partial charge in [-0.1, -0.05) is 0 Å². The molecule has 5 nitrogen and oxygen atoms in total. The minimum absolute atomic E-state index is 0.0113. The highest BCUT2D eigenvalue weighted by molar-refractivity contribution is 5.85. The predicted molar refractivity (Wildman–Crippen MR) is 65.9 cm³/mol. The molecule has 0 saturated heterocycles. The average Bonchev–Trinajstić information content (AvgIpc) is 2.15. The van der Waals surface area contributed by atoms with Gasteiger partial charge >= 0.3 is 0 Å². The highest BCUT2D eigenvalue weighted by Crippen LogP contribution is 2.06. The number of nitrogens with zero attached hydrogens (tertiary/aromatic N) is 1. The van der Waals surface area contributed by atoms with Crippen molar-refractivity contribution in [3.8, 4) is 0 Å². The number of rotatable bonds is 9. The third-order valence-corrected chi connectivity index (χ3v) is 2.43. The summed E-state index contributed by atoms with van der Waals surface area (Å²) in [6.07, 6.45) is 0.604. The molecule has 0 spiro atoms. The smallest absolute Gasteiger partial charge is 0.146 e. The summed E-state index contributed by atoms with van der Waals surface area (Å²) in [5.41, 5.74) is 0. The van der Waals surface area contributed by atoms with E-state index in [0.29, 0.717) is 13.0 Å². The Labute approximate surface area is 103 Å². The molecule has 17 heavy (non-hydrogen) atoms. The monoisotopic (exact) mass is 242 g/mol. The Morgan fingerprint density at radius 1 is 1.06 bits per heavy atom. The van der Waals surface area contributed by atoms with Gasteiger partial charge in [0, 0.05) is 0 Å². The SMILES string of the molecule is CNCCC(C(C)=O)N(CC(C)=O)CC(C)=O. The number of carbonyl (C=O) groups excluding carboxylic acids is 3. The maximum Gasteiger partial charge on any atom is 0.146 e. The molecule has 1 N–H and O–H groups in total. The number of Topliss-reactive ketones (excluding diaryl/α,β-unsaturated/α-hetero) is 3. The van der Waals surface area contributed by atoms with Gasteiger partial charge in [0.25, 0.3) is 0 Å². The molecule has 0 aromatic rings. The van der Waals surface area contributed by atoms with Gasteiger partial charge in [-0.05, 0) is 40.8 Å². The molecule has 5 heteroatoms. The predicted octanol–water partition coefficient (Wildman–Crippen LogP) is 0.0335. The molecule has 0 rings (SSSR count). The molecule has 0 bridgehead atoms. The van der Waals surface area contributed by atoms with Gasteiger partial charge in [0.15, 0.2) is 0 Å². The van der Waals surface area contributed by atoms with Crippen LogP contribution in [-0.2, 0) is 14.4 Å². The van der Waals surface area contributed by atoms with Gasteiger partial charge in [-0.3, -0.25) is 19.3 Å². The van der Waals surface area contributed by atoms with Crippen molar-refractivity contribution >= 4 is 17.3 Å². The Morgan fingerprint density at radius 3 is 1.82 bits per heavy atom. The van der Waals surface area contributed by atoms with E-state index in [4.69, 9.17) is 0 Å². The van der Waals surface area contributed by atoms with E-state index in [2.05, 4.69) is 5.32 Å². The van der Waals surface area contributed by atoms with Gasteiger partial charge in [-0.2, -0.15) is 0 Å². The van der Waals surface area contributed by atoms with Crippen LogP contribution < -0.4 is 5.32 Å². The minimum atomic E-state index is -0.366. The lowest BCUT2D eigenvalue weighted by atomic mass is 10.1. The van der Waals surface area contributed by atoms with Crippen LogP contribution in [0.5, 0.6) is 0 Å². The second-order valence-electron chi connectivity index (χ2n) is 4.33. The quantitative estimate of drug-likeness (QED) is 0.618. The van der Waals surface area contributed by atoms with Crippen LogP contribution in [0.25, 0.3) is 0 Å². The number of ketones is 3. The van der Waals surface area contributed by atoms with E-state index in [-0.39, 0.29) is 36.5 Å². The summed E-state index contributed by atoms with van der Waals surface area (Å²) in [5.74, 6) is -0.0911. The van der Waals surface area contributed by atoms with Gasteiger partial charge in [0.1, 0.15) is 17.3 Å². The van der Waals surface area contributed by atoms with Crippen molar-refractivity contribution in [1.82, 2.24) is 10.2 Å². The Hall–Kier alpha value is -1.07. The molecule has 0 aliphatic carbocycles. The van der Waals surface area contributed by atoms with Gasteiger partial charge < -0.3 is 5.32 Å². The van der Waals surface area contributed by atoms with Crippen LogP contribution in [0.1, 0.15) is 27.2 Å². The van der Waals surface area contributed by atoms with Gasteiger partial charge in [0.05, 0.1) is 19.1 Å². The highest BCUT2D eigenvalue weighted by Gasteiger charge is 2.24. The summed E-state index contributed by atoms with van der Waals surface area (Å²) in [5, 5.41) is 2.97. The van der Waals surface area contributed by atoms with E-state index in [1.54, 1.807) is 11.9 Å². The van der Waals surface area contributed by atoms with Crippen molar-refractivity contribution < 1.29 is 14.4 Å². The molecule has 0 heterocycles. The lowest BCUT2D eigenvalue weighted by Crippen LogP contribution is -2.46. The highest BCUT2D eigenvalue weighted by atomic mass is 16.1. The minimum Gasteiger partial charge on any atom is -0.320 e. The van der Waals surface area contributed by atoms with Crippen molar-refractivity contribution in [3.63, 3.8) is 0 Å². The summed E-state index contributed by atoms with van der Waals surface area (Å²) >= 11 is 0. The maximum absolute atomic E-state index is 11.6. The fraction of sp³-hybridized carbons (Fsp3) is 0.750. The van der Waals surface area contributed by atoms with E-state index >= 15 is 0 Å². The third kappa shape index (κ3) is 6.97. The second kappa shape index (κ2) is 8.08. The first-order valence-corrected chi connectivity index (χ1v) is 5.76. The molecule has 0 fully saturated rings. The lowest BCUT2D eigenvalue weighted by molar-refractivity contribution is -0.126. The van der Waals surface area contributed by atoms with Crippen molar-refractivity contribution in [2.45, 2.75) is 33.2 Å². The Bertz CT molecular complexity index is 273. The van der Waals surface area contributed by atoms with Crippen molar-refractivity contribution in [1.29, 1.82) is 0 Å². The van der Waals surface area contributed by atoms with Crippen LogP contribution in [0.3, 0.4) is 0 Å². The first-order valence-electron chi connectivity index (χ1n) is 5.76. The largest absolute Gasteiger partial charge is 0.320 e. The van der Waals surface area contributed by atoms with Crippen LogP contribution in [0.15, 0.2) is 0 Å². The number of hydrogen-bond acceptors (Lipinski definition) is 5. The summed E-state index contributed by atoms with van der Waals surface area (Å²) < 4.78 is 0. The second-order valence-corrected chi connectivity index (χ2v) is 4.33. The standard InChI is InChI=1S/C12H22N2O3/c1-9(15)7-14(8-10(2)16)12(11(3)17)5-6-13-4/h12-13H,5-8H2,1-4H3. The Balaban J connectivity index is 4.72. The molecule has 0 radical (unpaired) electrons. The fourth-order valence-electron chi connectivity index (χ4n) is 1.77.